The van der Waals surface area contributed by atoms with Gasteiger partial charge < -0.3 is 4.90 Å². The van der Waals surface area contributed by atoms with Crippen molar-refractivity contribution in [3.8, 4) is 12.3 Å². The zero-order chi connectivity index (χ0) is 27.1. The summed E-state index contributed by atoms with van der Waals surface area (Å²) in [5.41, 5.74) is 9.77. The van der Waals surface area contributed by atoms with Crippen LogP contribution in [0.25, 0.3) is 17.2 Å². The maximum absolute atomic E-state index is 13.0. The molecule has 1 fully saturated rings. The molecule has 1 saturated heterocycles. The van der Waals surface area contributed by atoms with Gasteiger partial charge in [0.05, 0.1) is 5.69 Å². The monoisotopic (exact) mass is 520 g/mol. The second-order valence-electron chi connectivity index (χ2n) is 10.9. The summed E-state index contributed by atoms with van der Waals surface area (Å²) < 4.78 is 26.0. The van der Waals surface area contributed by atoms with Gasteiger partial charge >= 0.3 is 0 Å². The molecule has 1 aromatic heterocycles. The van der Waals surface area contributed by atoms with Gasteiger partial charge in [-0.05, 0) is 60.2 Å². The van der Waals surface area contributed by atoms with Crippen molar-refractivity contribution >= 4 is 28.8 Å². The van der Waals surface area contributed by atoms with E-state index in [-0.39, 0.29) is 11.0 Å². The first kappa shape index (κ1) is 25.2. The van der Waals surface area contributed by atoms with Crippen LogP contribution in [0.2, 0.25) is 0 Å². The third-order valence-electron chi connectivity index (χ3n) is 8.50. The zero-order valence-corrected chi connectivity index (χ0v) is 22.2. The Morgan fingerprint density at radius 1 is 0.949 bits per heavy atom. The van der Waals surface area contributed by atoms with E-state index < -0.39 is 6.43 Å². The Balaban J connectivity index is 1.16. The van der Waals surface area contributed by atoms with Gasteiger partial charge in [0.25, 0.3) is 6.43 Å². The number of piperidine rings is 1. The quantitative estimate of drug-likeness (QED) is 0.330. The predicted molar refractivity (Wildman–Crippen MR) is 154 cm³/mol. The van der Waals surface area contributed by atoms with Crippen LogP contribution >= 0.6 is 0 Å². The molecule has 3 heterocycles. The SMILES string of the molecule is C#Cc1ccc(C2=Cc3c(ncnc3N3CCC(C)(C4=NC(C)=C(c5ccc(C(F)F)cc5)C4)CC3)C2)cc1. The number of fused-ring (bicyclic) bond motifs is 1. The van der Waals surface area contributed by atoms with Crippen molar-refractivity contribution in [3.63, 3.8) is 0 Å². The summed E-state index contributed by atoms with van der Waals surface area (Å²) in [7, 11) is 0. The molecule has 1 aliphatic carbocycles. The number of benzene rings is 2. The number of hydrogen-bond donors (Lipinski definition) is 0. The first-order chi connectivity index (χ1) is 18.8. The lowest BCUT2D eigenvalue weighted by molar-refractivity contribution is 0.151. The average molecular weight is 521 g/mol. The molecule has 6 rings (SSSR count). The van der Waals surface area contributed by atoms with Crippen molar-refractivity contribution in [1.29, 1.82) is 0 Å². The fourth-order valence-corrected chi connectivity index (χ4v) is 5.93. The van der Waals surface area contributed by atoms with E-state index in [2.05, 4.69) is 40.9 Å². The van der Waals surface area contributed by atoms with E-state index >= 15 is 0 Å². The van der Waals surface area contributed by atoms with Gasteiger partial charge in [0.15, 0.2) is 0 Å². The average Bonchev–Trinajstić information content (AvgIpc) is 3.58. The zero-order valence-electron chi connectivity index (χ0n) is 22.2. The highest BCUT2D eigenvalue weighted by Gasteiger charge is 2.38. The molecule has 4 nitrogen and oxygen atoms in total. The van der Waals surface area contributed by atoms with Crippen molar-refractivity contribution in [3.05, 3.63) is 94.1 Å². The van der Waals surface area contributed by atoms with Crippen LogP contribution in [0.1, 0.15) is 73.0 Å². The third kappa shape index (κ3) is 4.67. The number of halogens is 2. The number of hydrogen-bond acceptors (Lipinski definition) is 4. The number of alkyl halides is 2. The summed E-state index contributed by atoms with van der Waals surface area (Å²) in [6.07, 6.45) is 10.5. The number of aliphatic imine (C=N–C) groups is 1. The molecule has 0 atom stereocenters. The fraction of sp³-hybridized carbons (Fsp3) is 0.303. The van der Waals surface area contributed by atoms with E-state index in [1.165, 1.54) is 23.4 Å². The molecule has 0 N–H and O–H groups in total. The minimum absolute atomic E-state index is 0.0155. The van der Waals surface area contributed by atoms with Gasteiger partial charge in [-0.25, -0.2) is 18.7 Å². The molecular weight excluding hydrogens is 490 g/mol. The van der Waals surface area contributed by atoms with Gasteiger partial charge in [-0.3, -0.25) is 4.99 Å². The van der Waals surface area contributed by atoms with Crippen molar-refractivity contribution in [2.24, 2.45) is 10.4 Å². The van der Waals surface area contributed by atoms with E-state index in [1.54, 1.807) is 18.5 Å². The van der Waals surface area contributed by atoms with Gasteiger partial charge in [-0.2, -0.15) is 0 Å². The van der Waals surface area contributed by atoms with Gasteiger partial charge in [0, 0.05) is 59.4 Å². The lowest BCUT2D eigenvalue weighted by Gasteiger charge is -2.40. The van der Waals surface area contributed by atoms with Crippen molar-refractivity contribution < 1.29 is 8.78 Å². The van der Waals surface area contributed by atoms with Gasteiger partial charge in [0.1, 0.15) is 12.1 Å². The minimum Gasteiger partial charge on any atom is -0.356 e. The Labute approximate surface area is 228 Å². The van der Waals surface area contributed by atoms with Crippen LogP contribution in [0.4, 0.5) is 14.6 Å². The second-order valence-corrected chi connectivity index (χ2v) is 10.9. The Hall–Kier alpha value is -4.11. The molecule has 0 bridgehead atoms. The standard InChI is InChI=1S/C33H30F2N4/c1-4-22-5-7-23(8-6-22)26-17-28-29(18-26)36-20-37-32(28)39-15-13-33(3,14-16-39)30-19-27(21(2)38-30)24-9-11-25(12-10-24)31(34)35/h1,5-12,17,20,31H,13-16,18-19H2,2-3H3. The van der Waals surface area contributed by atoms with Crippen molar-refractivity contribution in [2.45, 2.75) is 46.0 Å². The van der Waals surface area contributed by atoms with Crippen molar-refractivity contribution in [1.82, 2.24) is 9.97 Å². The summed E-state index contributed by atoms with van der Waals surface area (Å²) in [5, 5.41) is 0. The lowest BCUT2D eigenvalue weighted by Crippen LogP contribution is -2.43. The topological polar surface area (TPSA) is 41.4 Å². The number of nitrogens with zero attached hydrogens (tertiary/aromatic N) is 4. The molecule has 39 heavy (non-hydrogen) atoms. The Kier molecular flexibility index (Phi) is 6.38. The Morgan fingerprint density at radius 2 is 1.64 bits per heavy atom. The van der Waals surface area contributed by atoms with Crippen LogP contribution in [0.3, 0.4) is 0 Å². The lowest BCUT2D eigenvalue weighted by atomic mass is 9.74. The maximum atomic E-state index is 13.0. The molecule has 0 spiro atoms. The molecule has 2 aromatic carbocycles. The number of rotatable bonds is 5. The minimum atomic E-state index is -2.45. The van der Waals surface area contributed by atoms with E-state index in [0.29, 0.717) is 0 Å². The highest BCUT2D eigenvalue weighted by atomic mass is 19.3. The Morgan fingerprint density at radius 3 is 2.31 bits per heavy atom. The largest absolute Gasteiger partial charge is 0.356 e. The fourth-order valence-electron chi connectivity index (χ4n) is 5.93. The summed E-state index contributed by atoms with van der Waals surface area (Å²) in [6, 6.07) is 14.7. The molecule has 2 aliphatic heterocycles. The number of allylic oxidation sites excluding steroid dienone is 3. The van der Waals surface area contributed by atoms with Crippen LogP contribution < -0.4 is 4.90 Å². The van der Waals surface area contributed by atoms with E-state index in [4.69, 9.17) is 16.4 Å². The van der Waals surface area contributed by atoms with Crippen LogP contribution in [-0.4, -0.2) is 28.8 Å². The smallest absolute Gasteiger partial charge is 0.263 e. The number of terminal acetylenes is 1. The molecule has 0 saturated carbocycles. The first-order valence-electron chi connectivity index (χ1n) is 13.4. The van der Waals surface area contributed by atoms with Gasteiger partial charge in [-0.1, -0.05) is 49.2 Å². The Bertz CT molecular complexity index is 1550. The molecule has 3 aliphatic rings. The second kappa shape index (κ2) is 9.89. The highest BCUT2D eigenvalue weighted by molar-refractivity contribution is 6.03. The van der Waals surface area contributed by atoms with E-state index in [9.17, 15) is 8.78 Å². The van der Waals surface area contributed by atoms with Crippen LogP contribution in [0.5, 0.6) is 0 Å². The van der Waals surface area contributed by atoms with E-state index in [1.807, 2.05) is 19.1 Å². The first-order valence-corrected chi connectivity index (χ1v) is 13.4. The summed E-state index contributed by atoms with van der Waals surface area (Å²) >= 11 is 0. The van der Waals surface area contributed by atoms with Gasteiger partial charge in [-0.15, -0.1) is 6.42 Å². The highest BCUT2D eigenvalue weighted by Crippen LogP contribution is 2.43. The molecule has 0 unspecified atom stereocenters. The van der Waals surface area contributed by atoms with Crippen molar-refractivity contribution in [2.75, 3.05) is 18.0 Å². The van der Waals surface area contributed by atoms with Gasteiger partial charge in [0.2, 0.25) is 0 Å². The molecule has 0 amide bonds. The van der Waals surface area contributed by atoms with Crippen LogP contribution in [0.15, 0.2) is 65.5 Å². The summed E-state index contributed by atoms with van der Waals surface area (Å²) in [6.45, 7) is 6.10. The molecule has 3 aromatic rings. The molecule has 6 heteroatoms. The van der Waals surface area contributed by atoms with E-state index in [0.717, 1.165) is 83.8 Å². The van der Waals surface area contributed by atoms with Crippen LogP contribution in [0, 0.1) is 17.8 Å². The predicted octanol–water partition coefficient (Wildman–Crippen LogP) is 7.37. The number of aromatic nitrogens is 2. The van der Waals surface area contributed by atoms with Crippen LogP contribution in [-0.2, 0) is 6.42 Å². The normalized spacial score (nSPS) is 18.2. The third-order valence-corrected chi connectivity index (χ3v) is 8.50. The number of anilines is 1. The maximum Gasteiger partial charge on any atom is 0.263 e. The molecular formula is C33H30F2N4. The summed E-state index contributed by atoms with van der Waals surface area (Å²) in [5.74, 6) is 3.67. The molecule has 196 valence electrons. The summed E-state index contributed by atoms with van der Waals surface area (Å²) in [4.78, 5) is 16.7. The molecule has 0 radical (unpaired) electrons.